The Morgan fingerprint density at radius 3 is 2.43 bits per heavy atom. The highest BCUT2D eigenvalue weighted by molar-refractivity contribution is 5.88. The largest absolute Gasteiger partial charge is 0.459 e. The number of carbonyl (C=O) groups excluding carboxylic acids is 1. The molecular weight excluding hydrogens is 393 g/mol. The molecule has 1 aromatic heterocycles. The highest BCUT2D eigenvalue weighted by Gasteiger charge is 2.25. The van der Waals surface area contributed by atoms with Crippen molar-refractivity contribution >= 4 is 5.97 Å². The van der Waals surface area contributed by atoms with Gasteiger partial charge in [-0.15, -0.1) is 0 Å². The van der Waals surface area contributed by atoms with Crippen LogP contribution < -0.4 is 0 Å². The molecule has 1 unspecified atom stereocenters. The number of esters is 1. The second-order valence-corrected chi connectivity index (χ2v) is 8.07. The number of carbonyl (C=O) groups is 1. The van der Waals surface area contributed by atoms with Crippen LogP contribution in [-0.4, -0.2) is 28.7 Å². The SMILES string of the molecule is CCCC(F)COC(=O)c1cnc(-c2ccc(C3CCC(C)CC3)c(F)c2F)nc1. The summed E-state index contributed by atoms with van der Waals surface area (Å²) in [5.74, 6) is -1.98. The van der Waals surface area contributed by atoms with Crippen molar-refractivity contribution in [2.75, 3.05) is 6.61 Å². The maximum atomic E-state index is 14.7. The fourth-order valence-electron chi connectivity index (χ4n) is 3.84. The molecular formula is C23H27F3N2O2. The van der Waals surface area contributed by atoms with Crippen molar-refractivity contribution in [2.45, 2.75) is 64.5 Å². The van der Waals surface area contributed by atoms with Gasteiger partial charge in [-0.25, -0.2) is 27.9 Å². The molecule has 0 amide bonds. The lowest BCUT2D eigenvalue weighted by Crippen LogP contribution is -2.15. The van der Waals surface area contributed by atoms with Crippen LogP contribution in [-0.2, 0) is 4.74 Å². The van der Waals surface area contributed by atoms with Crippen LogP contribution in [0.15, 0.2) is 24.5 Å². The van der Waals surface area contributed by atoms with Crippen LogP contribution in [0.25, 0.3) is 11.4 Å². The Balaban J connectivity index is 1.71. The molecule has 162 valence electrons. The summed E-state index contributed by atoms with van der Waals surface area (Å²) in [5, 5.41) is 0. The highest BCUT2D eigenvalue weighted by Crippen LogP contribution is 2.38. The number of hydrogen-bond acceptors (Lipinski definition) is 4. The van der Waals surface area contributed by atoms with E-state index >= 15 is 0 Å². The first-order valence-electron chi connectivity index (χ1n) is 10.5. The van der Waals surface area contributed by atoms with Gasteiger partial charge in [0.15, 0.2) is 17.5 Å². The summed E-state index contributed by atoms with van der Waals surface area (Å²) >= 11 is 0. The van der Waals surface area contributed by atoms with Crippen molar-refractivity contribution in [1.29, 1.82) is 0 Å². The zero-order valence-electron chi connectivity index (χ0n) is 17.3. The van der Waals surface area contributed by atoms with Gasteiger partial charge in [0.05, 0.1) is 11.1 Å². The van der Waals surface area contributed by atoms with Crippen molar-refractivity contribution in [2.24, 2.45) is 5.92 Å². The molecule has 30 heavy (non-hydrogen) atoms. The molecule has 0 bridgehead atoms. The lowest BCUT2D eigenvalue weighted by Gasteiger charge is -2.27. The van der Waals surface area contributed by atoms with Gasteiger partial charge in [-0.2, -0.15) is 0 Å². The first-order valence-corrected chi connectivity index (χ1v) is 10.5. The zero-order valence-corrected chi connectivity index (χ0v) is 17.3. The second kappa shape index (κ2) is 10.0. The van der Waals surface area contributed by atoms with Gasteiger partial charge in [-0.3, -0.25) is 0 Å². The maximum absolute atomic E-state index is 14.7. The average molecular weight is 420 g/mol. The molecule has 0 aliphatic heterocycles. The van der Waals surface area contributed by atoms with Crippen LogP contribution in [0.1, 0.15) is 74.2 Å². The molecule has 1 atom stereocenters. The first-order chi connectivity index (χ1) is 14.4. The Hall–Kier alpha value is -2.44. The van der Waals surface area contributed by atoms with Crippen molar-refractivity contribution in [3.05, 3.63) is 47.3 Å². The molecule has 1 aromatic carbocycles. The molecule has 0 radical (unpaired) electrons. The van der Waals surface area contributed by atoms with Crippen LogP contribution in [0.4, 0.5) is 13.2 Å². The van der Waals surface area contributed by atoms with Gasteiger partial charge >= 0.3 is 5.97 Å². The Morgan fingerprint density at radius 2 is 1.80 bits per heavy atom. The van der Waals surface area contributed by atoms with Gasteiger partial charge in [0.25, 0.3) is 0 Å². The quantitative estimate of drug-likeness (QED) is 0.515. The number of hydrogen-bond donors (Lipinski definition) is 0. The molecule has 1 aliphatic carbocycles. The standard InChI is InChI=1S/C23H27F3N2O2/c1-3-4-17(24)13-30-23(29)16-11-27-22(28-12-16)19-10-9-18(20(25)21(19)26)15-7-5-14(2)6-8-15/h9-12,14-15,17H,3-8,13H2,1-2H3. The second-order valence-electron chi connectivity index (χ2n) is 8.07. The highest BCUT2D eigenvalue weighted by atomic mass is 19.2. The van der Waals surface area contributed by atoms with E-state index in [1.807, 2.05) is 6.92 Å². The fraction of sp³-hybridized carbons (Fsp3) is 0.522. The van der Waals surface area contributed by atoms with Gasteiger partial charge in [-0.05, 0) is 42.7 Å². The van der Waals surface area contributed by atoms with Gasteiger partial charge in [0, 0.05) is 12.4 Å². The van der Waals surface area contributed by atoms with Crippen molar-refractivity contribution in [1.82, 2.24) is 9.97 Å². The Labute approximate surface area is 174 Å². The Kier molecular flexibility index (Phi) is 7.45. The average Bonchev–Trinajstić information content (AvgIpc) is 2.75. The summed E-state index contributed by atoms with van der Waals surface area (Å²) in [5.41, 5.74) is 0.361. The zero-order chi connectivity index (χ0) is 21.7. The number of aromatic nitrogens is 2. The van der Waals surface area contributed by atoms with Gasteiger partial charge in [0.2, 0.25) is 0 Å². The van der Waals surface area contributed by atoms with E-state index < -0.39 is 23.8 Å². The van der Waals surface area contributed by atoms with E-state index in [0.29, 0.717) is 24.3 Å². The predicted molar refractivity (Wildman–Crippen MR) is 108 cm³/mol. The predicted octanol–water partition coefficient (Wildman–Crippen LogP) is 6.01. The monoisotopic (exact) mass is 420 g/mol. The van der Waals surface area contributed by atoms with E-state index in [9.17, 15) is 18.0 Å². The molecule has 3 rings (SSSR count). The summed E-state index contributed by atoms with van der Waals surface area (Å²) in [4.78, 5) is 19.9. The van der Waals surface area contributed by atoms with E-state index in [1.165, 1.54) is 18.5 Å². The number of ether oxygens (including phenoxy) is 1. The lowest BCUT2D eigenvalue weighted by atomic mass is 9.79. The van der Waals surface area contributed by atoms with Crippen molar-refractivity contribution < 1.29 is 22.7 Å². The fourth-order valence-corrected chi connectivity index (χ4v) is 3.84. The van der Waals surface area contributed by atoms with Gasteiger partial charge in [-0.1, -0.05) is 39.2 Å². The summed E-state index contributed by atoms with van der Waals surface area (Å²) in [6, 6.07) is 3.09. The van der Waals surface area contributed by atoms with Gasteiger partial charge < -0.3 is 4.74 Å². The Bertz CT molecular complexity index is 865. The molecule has 1 saturated carbocycles. The molecule has 1 fully saturated rings. The van der Waals surface area contributed by atoms with E-state index in [4.69, 9.17) is 4.74 Å². The first kappa shape index (κ1) is 22.2. The summed E-state index contributed by atoms with van der Waals surface area (Å²) in [6.07, 6.45) is 5.80. The molecule has 0 saturated heterocycles. The smallest absolute Gasteiger partial charge is 0.341 e. The molecule has 1 aliphatic rings. The minimum atomic E-state index is -1.22. The summed E-state index contributed by atoms with van der Waals surface area (Å²) in [7, 11) is 0. The molecule has 0 spiro atoms. The van der Waals surface area contributed by atoms with E-state index in [2.05, 4.69) is 16.9 Å². The van der Waals surface area contributed by atoms with E-state index in [-0.39, 0.29) is 29.5 Å². The van der Waals surface area contributed by atoms with Crippen molar-refractivity contribution in [3.63, 3.8) is 0 Å². The van der Waals surface area contributed by atoms with E-state index in [1.54, 1.807) is 6.07 Å². The van der Waals surface area contributed by atoms with Gasteiger partial charge in [0.1, 0.15) is 12.8 Å². The molecule has 7 heteroatoms. The summed E-state index contributed by atoms with van der Waals surface area (Å²) in [6.45, 7) is 3.68. The van der Waals surface area contributed by atoms with Crippen molar-refractivity contribution in [3.8, 4) is 11.4 Å². The van der Waals surface area contributed by atoms with Crippen LogP contribution >= 0.6 is 0 Å². The van der Waals surface area contributed by atoms with Crippen LogP contribution in [0.5, 0.6) is 0 Å². The molecule has 0 N–H and O–H groups in total. The number of alkyl halides is 1. The lowest BCUT2D eigenvalue weighted by molar-refractivity contribution is 0.0390. The maximum Gasteiger partial charge on any atom is 0.341 e. The number of benzene rings is 1. The topological polar surface area (TPSA) is 52.1 Å². The number of rotatable bonds is 7. The third kappa shape index (κ3) is 5.18. The minimum Gasteiger partial charge on any atom is -0.459 e. The van der Waals surface area contributed by atoms with Crippen LogP contribution in [0.3, 0.4) is 0 Å². The van der Waals surface area contributed by atoms with E-state index in [0.717, 1.165) is 25.7 Å². The minimum absolute atomic E-state index is 0.0230. The normalized spacial score (nSPS) is 20.0. The number of halogens is 3. The molecule has 4 nitrogen and oxygen atoms in total. The third-order valence-corrected chi connectivity index (χ3v) is 5.69. The van der Waals surface area contributed by atoms with Crippen LogP contribution in [0, 0.1) is 17.6 Å². The van der Waals surface area contributed by atoms with Crippen LogP contribution in [0.2, 0.25) is 0 Å². The Morgan fingerprint density at radius 1 is 1.13 bits per heavy atom. The number of nitrogens with zero attached hydrogens (tertiary/aromatic N) is 2. The summed E-state index contributed by atoms with van der Waals surface area (Å²) < 4.78 is 47.8. The molecule has 2 aromatic rings. The third-order valence-electron chi connectivity index (χ3n) is 5.69. The molecule has 1 heterocycles.